The second-order valence-corrected chi connectivity index (χ2v) is 5.77. The summed E-state index contributed by atoms with van der Waals surface area (Å²) in [7, 11) is 0. The largest absolute Gasteiger partial charge is 0.490 e. The number of nitrogens with two attached hydrogens (primary N) is 1. The Hall–Kier alpha value is -1.47. The fraction of sp³-hybridized carbons (Fsp3) is 0.385. The maximum atomic E-state index is 8.83. The molecule has 1 aromatic carbocycles. The zero-order valence-electron chi connectivity index (χ0n) is 9.74. The topological polar surface area (TPSA) is 82.8 Å². The van der Waals surface area contributed by atoms with Crippen LogP contribution in [0, 0.1) is 31.6 Å². The Bertz CT molecular complexity index is 529. The summed E-state index contributed by atoms with van der Waals surface area (Å²) in [5.41, 5.74) is 6.91. The van der Waals surface area contributed by atoms with Crippen molar-refractivity contribution < 1.29 is 4.74 Å². The van der Waals surface area contributed by atoms with Crippen LogP contribution in [0.25, 0.3) is 0 Å². The van der Waals surface area contributed by atoms with E-state index in [9.17, 15) is 0 Å². The monoisotopic (exact) mass is 353 g/mol. The van der Waals surface area contributed by atoms with Crippen LogP contribution in [0.2, 0.25) is 0 Å². The van der Waals surface area contributed by atoms with Gasteiger partial charge in [0.05, 0.1) is 33.6 Å². The van der Waals surface area contributed by atoms with E-state index in [2.05, 4.69) is 34.7 Å². The molecule has 2 N–H and O–H groups in total. The summed E-state index contributed by atoms with van der Waals surface area (Å²) in [6.07, 6.45) is 2.60. The second-order valence-electron chi connectivity index (χ2n) is 4.61. The van der Waals surface area contributed by atoms with Gasteiger partial charge in [-0.3, -0.25) is 0 Å². The predicted octanol–water partition coefficient (Wildman–Crippen LogP) is 2.82. The van der Waals surface area contributed by atoms with Gasteiger partial charge in [0.1, 0.15) is 0 Å². The van der Waals surface area contributed by atoms with Crippen LogP contribution >= 0.6 is 22.6 Å². The van der Waals surface area contributed by atoms with Gasteiger partial charge in [-0.2, -0.15) is 10.5 Å². The number of halogens is 1. The maximum Gasteiger partial charge on any atom is 0.155 e. The average molecular weight is 353 g/mol. The van der Waals surface area contributed by atoms with Gasteiger partial charge in [0, 0.05) is 11.8 Å². The number of anilines is 1. The molecule has 92 valence electrons. The normalized spacial score (nSPS) is 15.5. The second kappa shape index (κ2) is 5.03. The number of ether oxygens (including phenoxy) is 1. The van der Waals surface area contributed by atoms with Crippen LogP contribution in [0.15, 0.2) is 12.1 Å². The minimum Gasteiger partial charge on any atom is -0.490 e. The van der Waals surface area contributed by atoms with Crippen molar-refractivity contribution in [1.82, 2.24) is 0 Å². The number of nitrogens with zero attached hydrogens (tertiary/aromatic N) is 2. The third-order valence-corrected chi connectivity index (χ3v) is 3.94. The summed E-state index contributed by atoms with van der Waals surface area (Å²) in [6.45, 7) is 0.520. The smallest absolute Gasteiger partial charge is 0.155 e. The van der Waals surface area contributed by atoms with Gasteiger partial charge < -0.3 is 10.5 Å². The standard InChI is InChI=1S/C13H12IN3O/c14-10-5-9(7-16)6-11(17)12(10)18-8-13(1-2-13)3-4-15/h5-6H,1-3,8,17H2. The van der Waals surface area contributed by atoms with Gasteiger partial charge >= 0.3 is 0 Å². The van der Waals surface area contributed by atoms with Crippen LogP contribution in [-0.2, 0) is 0 Å². The van der Waals surface area contributed by atoms with Crippen molar-refractivity contribution in [3.63, 3.8) is 0 Å². The number of rotatable bonds is 4. The first-order valence-corrected chi connectivity index (χ1v) is 6.67. The van der Waals surface area contributed by atoms with Crippen LogP contribution in [0.5, 0.6) is 5.75 Å². The van der Waals surface area contributed by atoms with E-state index in [0.29, 0.717) is 30.0 Å². The molecule has 0 atom stereocenters. The molecule has 18 heavy (non-hydrogen) atoms. The minimum absolute atomic E-state index is 0.0260. The summed E-state index contributed by atoms with van der Waals surface area (Å²) < 4.78 is 6.58. The summed E-state index contributed by atoms with van der Waals surface area (Å²) >= 11 is 2.11. The zero-order valence-corrected chi connectivity index (χ0v) is 11.9. The molecule has 0 saturated heterocycles. The quantitative estimate of drug-likeness (QED) is 0.667. The fourth-order valence-corrected chi connectivity index (χ4v) is 2.58. The van der Waals surface area contributed by atoms with Crippen LogP contribution in [0.4, 0.5) is 5.69 Å². The first-order valence-electron chi connectivity index (χ1n) is 5.59. The van der Waals surface area contributed by atoms with E-state index in [1.54, 1.807) is 12.1 Å². The Morgan fingerprint density at radius 2 is 2.11 bits per heavy atom. The highest BCUT2D eigenvalue weighted by molar-refractivity contribution is 14.1. The van der Waals surface area contributed by atoms with Crippen LogP contribution < -0.4 is 10.5 Å². The third-order valence-electron chi connectivity index (χ3n) is 3.14. The van der Waals surface area contributed by atoms with Gasteiger partial charge in [-0.05, 0) is 47.6 Å². The van der Waals surface area contributed by atoms with E-state index in [-0.39, 0.29) is 5.41 Å². The Morgan fingerprint density at radius 3 is 2.61 bits per heavy atom. The highest BCUT2D eigenvalue weighted by atomic mass is 127. The number of nitrogen functional groups attached to an aromatic ring is 1. The molecule has 0 bridgehead atoms. The molecular formula is C13H12IN3O. The number of hydrogen-bond donors (Lipinski definition) is 1. The molecule has 1 saturated carbocycles. The first kappa shape index (κ1) is 13.0. The summed E-state index contributed by atoms with van der Waals surface area (Å²) in [6, 6.07) is 7.61. The molecule has 1 fully saturated rings. The molecule has 2 rings (SSSR count). The van der Waals surface area contributed by atoms with Gasteiger partial charge in [0.25, 0.3) is 0 Å². The Morgan fingerprint density at radius 1 is 1.39 bits per heavy atom. The molecular weight excluding hydrogens is 341 g/mol. The van der Waals surface area contributed by atoms with E-state index in [4.69, 9.17) is 21.0 Å². The Labute approximate surface area is 119 Å². The molecule has 1 aromatic rings. The van der Waals surface area contributed by atoms with Gasteiger partial charge in [-0.15, -0.1) is 0 Å². The minimum atomic E-state index is 0.0260. The highest BCUT2D eigenvalue weighted by Crippen LogP contribution is 2.49. The number of nitriles is 2. The van der Waals surface area contributed by atoms with Crippen molar-refractivity contribution in [2.24, 2.45) is 5.41 Å². The molecule has 0 unspecified atom stereocenters. The van der Waals surface area contributed by atoms with Crippen LogP contribution in [0.1, 0.15) is 24.8 Å². The highest BCUT2D eigenvalue weighted by Gasteiger charge is 2.43. The van der Waals surface area contributed by atoms with E-state index in [0.717, 1.165) is 16.4 Å². The van der Waals surface area contributed by atoms with Crippen molar-refractivity contribution >= 4 is 28.3 Å². The zero-order chi connectivity index (χ0) is 13.2. The molecule has 0 spiro atoms. The molecule has 0 radical (unpaired) electrons. The van der Waals surface area contributed by atoms with Crippen LogP contribution in [0.3, 0.4) is 0 Å². The van der Waals surface area contributed by atoms with E-state index < -0.39 is 0 Å². The van der Waals surface area contributed by atoms with E-state index >= 15 is 0 Å². The van der Waals surface area contributed by atoms with Gasteiger partial charge in [-0.25, -0.2) is 0 Å². The molecule has 0 aromatic heterocycles. The summed E-state index contributed by atoms with van der Waals surface area (Å²) in [5, 5.41) is 17.6. The maximum absolute atomic E-state index is 8.83. The van der Waals surface area contributed by atoms with Crippen molar-refractivity contribution in [3.05, 3.63) is 21.3 Å². The average Bonchev–Trinajstić information content (AvgIpc) is 3.08. The Kier molecular flexibility index (Phi) is 3.63. The molecule has 0 aliphatic heterocycles. The van der Waals surface area contributed by atoms with Crippen molar-refractivity contribution in [2.75, 3.05) is 12.3 Å². The fourth-order valence-electron chi connectivity index (χ4n) is 1.77. The molecule has 4 nitrogen and oxygen atoms in total. The van der Waals surface area contributed by atoms with Gasteiger partial charge in [-0.1, -0.05) is 0 Å². The van der Waals surface area contributed by atoms with Crippen LogP contribution in [-0.4, -0.2) is 6.61 Å². The first-order chi connectivity index (χ1) is 8.60. The van der Waals surface area contributed by atoms with Gasteiger partial charge in [0.15, 0.2) is 5.75 Å². The van der Waals surface area contributed by atoms with E-state index in [1.807, 2.05) is 0 Å². The third kappa shape index (κ3) is 2.68. The molecule has 0 amide bonds. The number of hydrogen-bond acceptors (Lipinski definition) is 4. The number of benzene rings is 1. The predicted molar refractivity (Wildman–Crippen MR) is 75.7 cm³/mol. The Balaban J connectivity index is 2.11. The lowest BCUT2D eigenvalue weighted by Gasteiger charge is -2.15. The lowest BCUT2D eigenvalue weighted by atomic mass is 10.1. The molecule has 5 heteroatoms. The summed E-state index contributed by atoms with van der Waals surface area (Å²) in [5.74, 6) is 0.624. The lowest BCUT2D eigenvalue weighted by Crippen LogP contribution is -2.14. The van der Waals surface area contributed by atoms with Gasteiger partial charge in [0.2, 0.25) is 0 Å². The van der Waals surface area contributed by atoms with Crippen molar-refractivity contribution in [2.45, 2.75) is 19.3 Å². The molecule has 1 aliphatic rings. The lowest BCUT2D eigenvalue weighted by molar-refractivity contribution is 0.236. The van der Waals surface area contributed by atoms with Crippen molar-refractivity contribution in [3.8, 4) is 17.9 Å². The molecule has 1 aliphatic carbocycles. The SMILES string of the molecule is N#CCC1(COc2c(N)cc(C#N)cc2I)CC1. The summed E-state index contributed by atoms with van der Waals surface area (Å²) in [4.78, 5) is 0. The molecule has 0 heterocycles. The van der Waals surface area contributed by atoms with Crippen molar-refractivity contribution in [1.29, 1.82) is 10.5 Å². The van der Waals surface area contributed by atoms with E-state index in [1.165, 1.54) is 0 Å².